The van der Waals surface area contributed by atoms with Gasteiger partial charge in [-0.1, -0.05) is 20.8 Å². The van der Waals surface area contributed by atoms with Crippen molar-refractivity contribution < 1.29 is 0 Å². The third-order valence-electron chi connectivity index (χ3n) is 2.10. The number of alkyl halides is 1. The highest BCUT2D eigenvalue weighted by Gasteiger charge is 2.31. The smallest absolute Gasteiger partial charge is 0.0643 e. The average Bonchev–Trinajstić information content (AvgIpc) is 2.06. The van der Waals surface area contributed by atoms with E-state index in [-0.39, 0.29) is 5.38 Å². The van der Waals surface area contributed by atoms with E-state index in [1.54, 1.807) is 0 Å². The van der Waals surface area contributed by atoms with E-state index in [0.29, 0.717) is 11.5 Å². The summed E-state index contributed by atoms with van der Waals surface area (Å²) < 4.78 is 0. The van der Waals surface area contributed by atoms with Crippen molar-refractivity contribution in [3.63, 3.8) is 0 Å². The number of hydrazine groups is 1. The van der Waals surface area contributed by atoms with Gasteiger partial charge in [-0.05, 0) is 11.8 Å². The monoisotopic (exact) mass is 190 g/mol. The van der Waals surface area contributed by atoms with E-state index in [9.17, 15) is 0 Å². The molecule has 72 valence electrons. The van der Waals surface area contributed by atoms with Gasteiger partial charge in [-0.2, -0.15) is 0 Å². The highest BCUT2D eigenvalue weighted by molar-refractivity contribution is 6.21. The quantitative estimate of drug-likeness (QED) is 0.635. The molecule has 2 nitrogen and oxygen atoms in total. The minimum atomic E-state index is 0.259. The molecule has 0 aliphatic carbocycles. The summed E-state index contributed by atoms with van der Waals surface area (Å²) in [6.07, 6.45) is 1.13. The van der Waals surface area contributed by atoms with Crippen molar-refractivity contribution in [3.8, 4) is 0 Å². The summed E-state index contributed by atoms with van der Waals surface area (Å²) in [6, 6.07) is 0.441. The van der Waals surface area contributed by atoms with Crippen LogP contribution >= 0.6 is 11.6 Å². The van der Waals surface area contributed by atoms with Crippen LogP contribution in [-0.4, -0.2) is 30.0 Å². The second kappa shape index (κ2) is 3.52. The van der Waals surface area contributed by atoms with Gasteiger partial charge in [0.05, 0.1) is 5.38 Å². The SMILES string of the molecule is CN1CC(Cl)C(CC(C)(C)C)N1. The number of nitrogens with zero attached hydrogens (tertiary/aromatic N) is 1. The van der Waals surface area contributed by atoms with Crippen molar-refractivity contribution >= 4 is 11.6 Å². The first-order valence-corrected chi connectivity index (χ1v) is 4.93. The Kier molecular flexibility index (Phi) is 3.02. The molecule has 12 heavy (non-hydrogen) atoms. The molecule has 0 amide bonds. The molecule has 0 radical (unpaired) electrons. The van der Waals surface area contributed by atoms with Gasteiger partial charge < -0.3 is 0 Å². The Balaban J connectivity index is 2.43. The van der Waals surface area contributed by atoms with Crippen molar-refractivity contribution in [2.24, 2.45) is 5.41 Å². The fraction of sp³-hybridized carbons (Fsp3) is 1.00. The van der Waals surface area contributed by atoms with Crippen molar-refractivity contribution in [2.45, 2.75) is 38.6 Å². The van der Waals surface area contributed by atoms with Crippen LogP contribution in [0.4, 0.5) is 0 Å². The molecule has 0 bridgehead atoms. The number of halogens is 1. The van der Waals surface area contributed by atoms with E-state index in [2.05, 4.69) is 31.2 Å². The molecule has 1 heterocycles. The average molecular weight is 191 g/mol. The van der Waals surface area contributed by atoms with E-state index >= 15 is 0 Å². The fourth-order valence-electron chi connectivity index (χ4n) is 1.64. The van der Waals surface area contributed by atoms with E-state index in [1.807, 2.05) is 7.05 Å². The Morgan fingerprint density at radius 3 is 2.42 bits per heavy atom. The molecule has 1 saturated heterocycles. The number of nitrogens with one attached hydrogen (secondary N) is 1. The summed E-state index contributed by atoms with van der Waals surface area (Å²) in [5, 5.41) is 2.34. The molecule has 1 aliphatic heterocycles. The second-order valence-electron chi connectivity index (χ2n) is 4.90. The maximum atomic E-state index is 6.17. The maximum absolute atomic E-state index is 6.17. The summed E-state index contributed by atoms with van der Waals surface area (Å²) >= 11 is 6.17. The standard InChI is InChI=1S/C9H19ClN2/c1-9(2,3)5-8-7(10)6-12(4)11-8/h7-8,11H,5-6H2,1-4H3. The summed E-state index contributed by atoms with van der Waals surface area (Å²) in [4.78, 5) is 0. The van der Waals surface area contributed by atoms with Crippen LogP contribution in [0.25, 0.3) is 0 Å². The van der Waals surface area contributed by atoms with E-state index < -0.39 is 0 Å². The van der Waals surface area contributed by atoms with Gasteiger partial charge in [0.1, 0.15) is 0 Å². The van der Waals surface area contributed by atoms with Gasteiger partial charge in [-0.25, -0.2) is 5.01 Å². The highest BCUT2D eigenvalue weighted by atomic mass is 35.5. The lowest BCUT2D eigenvalue weighted by Crippen LogP contribution is -2.36. The van der Waals surface area contributed by atoms with Crippen molar-refractivity contribution in [2.75, 3.05) is 13.6 Å². The van der Waals surface area contributed by atoms with Crippen molar-refractivity contribution in [1.29, 1.82) is 0 Å². The first-order chi connectivity index (χ1) is 5.38. The normalized spacial score (nSPS) is 32.8. The molecule has 0 saturated carbocycles. The van der Waals surface area contributed by atoms with Crippen LogP contribution in [0.3, 0.4) is 0 Å². The summed E-state index contributed by atoms with van der Waals surface area (Å²) in [7, 11) is 2.04. The minimum absolute atomic E-state index is 0.259. The van der Waals surface area contributed by atoms with Crippen LogP contribution < -0.4 is 5.43 Å². The van der Waals surface area contributed by atoms with Gasteiger partial charge in [0.25, 0.3) is 0 Å². The van der Waals surface area contributed by atoms with Gasteiger partial charge in [-0.15, -0.1) is 11.6 Å². The maximum Gasteiger partial charge on any atom is 0.0643 e. The first-order valence-electron chi connectivity index (χ1n) is 4.50. The zero-order chi connectivity index (χ0) is 9.35. The van der Waals surface area contributed by atoms with Crippen LogP contribution in [0.1, 0.15) is 27.2 Å². The van der Waals surface area contributed by atoms with Crippen LogP contribution in [0.5, 0.6) is 0 Å². The fourth-order valence-corrected chi connectivity index (χ4v) is 1.99. The van der Waals surface area contributed by atoms with Crippen LogP contribution in [0.15, 0.2) is 0 Å². The first kappa shape index (κ1) is 10.3. The van der Waals surface area contributed by atoms with Gasteiger partial charge in [0.15, 0.2) is 0 Å². The molecule has 1 N–H and O–H groups in total. The molecule has 0 aromatic carbocycles. The van der Waals surface area contributed by atoms with Gasteiger partial charge in [0, 0.05) is 19.6 Å². The molecule has 1 rings (SSSR count). The second-order valence-corrected chi connectivity index (χ2v) is 5.46. The Morgan fingerprint density at radius 2 is 2.08 bits per heavy atom. The molecule has 0 aromatic rings. The Labute approximate surface area is 80.2 Å². The third-order valence-corrected chi connectivity index (χ3v) is 2.55. The van der Waals surface area contributed by atoms with Gasteiger partial charge in [0.2, 0.25) is 0 Å². The zero-order valence-electron chi connectivity index (χ0n) is 8.39. The Morgan fingerprint density at radius 1 is 1.50 bits per heavy atom. The number of hydrogen-bond donors (Lipinski definition) is 1. The largest absolute Gasteiger partial charge is 0.251 e. The molecule has 1 fully saturated rings. The van der Waals surface area contributed by atoms with Gasteiger partial charge in [-0.3, -0.25) is 5.43 Å². The predicted octanol–water partition coefficient (Wildman–Crippen LogP) is 1.85. The Bertz CT molecular complexity index is 153. The molecule has 0 aromatic heterocycles. The van der Waals surface area contributed by atoms with Crippen molar-refractivity contribution in [3.05, 3.63) is 0 Å². The van der Waals surface area contributed by atoms with E-state index in [0.717, 1.165) is 13.0 Å². The summed E-state index contributed by atoms with van der Waals surface area (Å²) in [5.41, 5.74) is 3.72. The lowest BCUT2D eigenvalue weighted by molar-refractivity contribution is 0.250. The highest BCUT2D eigenvalue weighted by Crippen LogP contribution is 2.26. The van der Waals surface area contributed by atoms with Crippen LogP contribution in [0.2, 0.25) is 0 Å². The molecule has 0 spiro atoms. The van der Waals surface area contributed by atoms with Gasteiger partial charge >= 0.3 is 0 Å². The molecular formula is C9H19ClN2. The zero-order valence-corrected chi connectivity index (χ0v) is 9.15. The van der Waals surface area contributed by atoms with E-state index in [1.165, 1.54) is 0 Å². The molecular weight excluding hydrogens is 172 g/mol. The topological polar surface area (TPSA) is 15.3 Å². The number of rotatable bonds is 1. The molecule has 2 atom stereocenters. The molecule has 1 aliphatic rings. The van der Waals surface area contributed by atoms with Crippen LogP contribution in [-0.2, 0) is 0 Å². The third kappa shape index (κ3) is 2.92. The van der Waals surface area contributed by atoms with E-state index in [4.69, 9.17) is 11.6 Å². The minimum Gasteiger partial charge on any atom is -0.251 e. The predicted molar refractivity (Wildman–Crippen MR) is 53.3 cm³/mol. The lowest BCUT2D eigenvalue weighted by atomic mass is 9.87. The molecule has 2 unspecified atom stereocenters. The number of hydrogen-bond acceptors (Lipinski definition) is 2. The summed E-state index contributed by atoms with van der Waals surface area (Å²) in [6.45, 7) is 7.69. The van der Waals surface area contributed by atoms with Crippen LogP contribution in [0, 0.1) is 5.41 Å². The van der Waals surface area contributed by atoms with Crippen molar-refractivity contribution in [1.82, 2.24) is 10.4 Å². The molecule has 3 heteroatoms. The summed E-state index contributed by atoms with van der Waals surface area (Å²) in [5.74, 6) is 0. The lowest BCUT2D eigenvalue weighted by Gasteiger charge is -2.24. The Hall–Kier alpha value is 0.210.